The normalized spacial score (nSPS) is 16.9. The third kappa shape index (κ3) is 6.19. The van der Waals surface area contributed by atoms with Crippen LogP contribution in [0.25, 0.3) is 0 Å². The molecule has 2 aliphatic rings. The molecule has 0 saturated carbocycles. The Labute approximate surface area is 215 Å². The predicted octanol–water partition coefficient (Wildman–Crippen LogP) is 2.48. The number of anilines is 1. The van der Waals surface area contributed by atoms with Crippen LogP contribution < -0.4 is 19.1 Å². The van der Waals surface area contributed by atoms with Crippen LogP contribution in [0.5, 0.6) is 17.2 Å². The molecule has 1 saturated heterocycles. The number of ether oxygens (including phenoxy) is 4. The van der Waals surface area contributed by atoms with E-state index in [9.17, 15) is 19.2 Å². The lowest BCUT2D eigenvalue weighted by Crippen LogP contribution is -2.49. The first-order valence-electron chi connectivity index (χ1n) is 12.2. The molecule has 0 N–H and O–H groups in total. The summed E-state index contributed by atoms with van der Waals surface area (Å²) in [4.78, 5) is 53.8. The van der Waals surface area contributed by atoms with Gasteiger partial charge in [0, 0.05) is 24.7 Å². The number of benzene rings is 2. The van der Waals surface area contributed by atoms with Gasteiger partial charge in [0.15, 0.2) is 19.0 Å². The number of nitrogens with zero attached hydrogens (tertiary/aromatic N) is 2. The molecule has 0 unspecified atom stereocenters. The molecule has 2 aromatic carbocycles. The Morgan fingerprint density at radius 2 is 1.92 bits per heavy atom. The Hall–Kier alpha value is -4.08. The molecule has 10 heteroatoms. The van der Waals surface area contributed by atoms with Crippen molar-refractivity contribution in [3.05, 3.63) is 48.0 Å². The van der Waals surface area contributed by atoms with Gasteiger partial charge in [-0.15, -0.1) is 0 Å². The van der Waals surface area contributed by atoms with Gasteiger partial charge in [0.05, 0.1) is 25.3 Å². The van der Waals surface area contributed by atoms with Crippen molar-refractivity contribution in [1.29, 1.82) is 0 Å². The maximum absolute atomic E-state index is 13.1. The zero-order chi connectivity index (χ0) is 26.4. The molecule has 2 heterocycles. The van der Waals surface area contributed by atoms with Crippen LogP contribution in [0.4, 0.5) is 5.69 Å². The number of Topliss-reactive ketones (excluding diaryl/α,β-unsaturated/α-hetero) is 1. The van der Waals surface area contributed by atoms with Crippen molar-refractivity contribution in [2.45, 2.75) is 19.8 Å². The van der Waals surface area contributed by atoms with E-state index in [0.717, 1.165) is 0 Å². The molecular weight excluding hydrogens is 480 g/mol. The molecule has 1 atom stereocenters. The van der Waals surface area contributed by atoms with Crippen LogP contribution in [0.15, 0.2) is 42.5 Å². The van der Waals surface area contributed by atoms with Gasteiger partial charge in [-0.1, -0.05) is 6.07 Å². The smallest absolute Gasteiger partial charge is 0.310 e. The highest BCUT2D eigenvalue weighted by molar-refractivity contribution is 6.04. The molecule has 0 bridgehead atoms. The summed E-state index contributed by atoms with van der Waals surface area (Å²) in [5.74, 6) is -0.170. The summed E-state index contributed by atoms with van der Waals surface area (Å²) >= 11 is 0. The summed E-state index contributed by atoms with van der Waals surface area (Å²) in [5.41, 5.74) is 0.661. The predicted molar refractivity (Wildman–Crippen MR) is 133 cm³/mol. The first kappa shape index (κ1) is 26.0. The highest BCUT2D eigenvalue weighted by Crippen LogP contribution is 2.33. The minimum absolute atomic E-state index is 0.210. The van der Waals surface area contributed by atoms with Gasteiger partial charge in [-0.05, 0) is 50.1 Å². The first-order chi connectivity index (χ1) is 17.9. The van der Waals surface area contributed by atoms with Crippen molar-refractivity contribution in [3.63, 3.8) is 0 Å². The minimum Gasteiger partial charge on any atom is -0.497 e. The van der Waals surface area contributed by atoms with Crippen LogP contribution in [0.3, 0.4) is 0 Å². The molecule has 0 spiro atoms. The summed E-state index contributed by atoms with van der Waals surface area (Å²) in [6, 6.07) is 11.7. The maximum Gasteiger partial charge on any atom is 0.310 e. The van der Waals surface area contributed by atoms with Crippen LogP contribution in [0, 0.1) is 5.92 Å². The Balaban J connectivity index is 1.45. The second-order valence-corrected chi connectivity index (χ2v) is 8.77. The maximum atomic E-state index is 13.1. The van der Waals surface area contributed by atoms with Crippen molar-refractivity contribution in [1.82, 2.24) is 4.90 Å². The SMILES string of the molecule is CCOC(=O)[C@@H]1CCCN(C(=O)CN2C(=O)COc3ccc(C(=O)COc4cccc(OC)c4)cc32)C1. The molecule has 1 fully saturated rings. The second kappa shape index (κ2) is 11.8. The van der Waals surface area contributed by atoms with E-state index in [0.29, 0.717) is 47.9 Å². The topological polar surface area (TPSA) is 112 Å². The molecule has 10 nitrogen and oxygen atoms in total. The van der Waals surface area contributed by atoms with Crippen molar-refractivity contribution in [3.8, 4) is 17.2 Å². The lowest BCUT2D eigenvalue weighted by atomic mass is 9.98. The fourth-order valence-corrected chi connectivity index (χ4v) is 4.36. The number of carbonyl (C=O) groups excluding carboxylic acids is 4. The van der Waals surface area contributed by atoms with E-state index in [1.165, 1.54) is 11.0 Å². The van der Waals surface area contributed by atoms with Crippen molar-refractivity contribution < 1.29 is 38.1 Å². The van der Waals surface area contributed by atoms with Crippen molar-refractivity contribution in [2.24, 2.45) is 5.92 Å². The van der Waals surface area contributed by atoms with Gasteiger partial charge in [-0.25, -0.2) is 0 Å². The molecule has 0 aliphatic carbocycles. The number of rotatable bonds is 9. The van der Waals surface area contributed by atoms with E-state index in [1.807, 2.05) is 0 Å². The summed E-state index contributed by atoms with van der Waals surface area (Å²) in [6.07, 6.45) is 1.33. The van der Waals surface area contributed by atoms with Crippen molar-refractivity contribution >= 4 is 29.3 Å². The Bertz CT molecular complexity index is 1180. The molecule has 37 heavy (non-hydrogen) atoms. The summed E-state index contributed by atoms with van der Waals surface area (Å²) < 4.78 is 21.4. The minimum atomic E-state index is -0.392. The summed E-state index contributed by atoms with van der Waals surface area (Å²) in [6.45, 7) is 2.13. The highest BCUT2D eigenvalue weighted by atomic mass is 16.5. The lowest BCUT2D eigenvalue weighted by molar-refractivity contribution is -0.151. The molecular formula is C27H30N2O8. The molecule has 0 aromatic heterocycles. The van der Waals surface area contributed by atoms with E-state index in [1.54, 1.807) is 55.3 Å². The van der Waals surface area contributed by atoms with Crippen molar-refractivity contribution in [2.75, 3.05) is 51.5 Å². The molecule has 2 aliphatic heterocycles. The molecule has 4 rings (SSSR count). The molecule has 2 amide bonds. The van der Waals surface area contributed by atoms with Crippen LogP contribution >= 0.6 is 0 Å². The standard InChI is InChI=1S/C27H30N2O8/c1-3-35-27(33)19-6-5-11-28(14-19)25(31)15-29-22-12-18(9-10-24(22)37-17-26(29)32)23(30)16-36-21-8-4-7-20(13-21)34-2/h4,7-10,12-13,19H,3,5-6,11,14-17H2,1-2H3/t19-/m1/s1. The number of amides is 2. The quantitative estimate of drug-likeness (QED) is 0.374. The third-order valence-electron chi connectivity index (χ3n) is 6.32. The van der Waals surface area contributed by atoms with E-state index in [2.05, 4.69) is 0 Å². The fraction of sp³-hybridized carbons (Fsp3) is 0.407. The Morgan fingerprint density at radius 3 is 2.70 bits per heavy atom. The fourth-order valence-electron chi connectivity index (χ4n) is 4.36. The van der Waals surface area contributed by atoms with Gasteiger partial charge >= 0.3 is 5.97 Å². The average molecular weight is 511 g/mol. The number of piperidine rings is 1. The summed E-state index contributed by atoms with van der Waals surface area (Å²) in [7, 11) is 1.54. The third-order valence-corrected chi connectivity index (χ3v) is 6.32. The monoisotopic (exact) mass is 510 g/mol. The van der Waals surface area contributed by atoms with Gasteiger partial charge in [-0.2, -0.15) is 0 Å². The number of fused-ring (bicyclic) bond motifs is 1. The Kier molecular flexibility index (Phi) is 8.27. The zero-order valence-corrected chi connectivity index (χ0v) is 20.9. The number of hydrogen-bond donors (Lipinski definition) is 0. The number of methoxy groups -OCH3 is 1. The lowest BCUT2D eigenvalue weighted by Gasteiger charge is -2.34. The number of carbonyl (C=O) groups is 4. The highest BCUT2D eigenvalue weighted by Gasteiger charge is 2.33. The second-order valence-electron chi connectivity index (χ2n) is 8.77. The number of ketones is 1. The molecule has 196 valence electrons. The van der Waals surface area contributed by atoms with E-state index in [-0.39, 0.29) is 56.5 Å². The average Bonchev–Trinajstić information content (AvgIpc) is 2.93. The zero-order valence-electron chi connectivity index (χ0n) is 20.9. The number of likely N-dealkylation sites (tertiary alicyclic amines) is 1. The van der Waals surface area contributed by atoms with Gasteiger partial charge in [0.25, 0.3) is 5.91 Å². The molecule has 2 aromatic rings. The summed E-state index contributed by atoms with van der Waals surface area (Å²) in [5, 5.41) is 0. The van der Waals surface area contributed by atoms with E-state index >= 15 is 0 Å². The number of esters is 1. The van der Waals surface area contributed by atoms with Crippen LogP contribution in [-0.2, 0) is 19.1 Å². The van der Waals surface area contributed by atoms with Crippen LogP contribution in [0.1, 0.15) is 30.1 Å². The molecule has 0 radical (unpaired) electrons. The number of hydrogen-bond acceptors (Lipinski definition) is 8. The van der Waals surface area contributed by atoms with Crippen LogP contribution in [0.2, 0.25) is 0 Å². The van der Waals surface area contributed by atoms with Gasteiger partial charge in [0.2, 0.25) is 5.91 Å². The Morgan fingerprint density at radius 1 is 1.11 bits per heavy atom. The largest absolute Gasteiger partial charge is 0.497 e. The van der Waals surface area contributed by atoms with E-state index in [4.69, 9.17) is 18.9 Å². The van der Waals surface area contributed by atoms with Gasteiger partial charge < -0.3 is 23.8 Å². The van der Waals surface area contributed by atoms with E-state index < -0.39 is 5.91 Å². The van der Waals surface area contributed by atoms with Gasteiger partial charge in [-0.3, -0.25) is 24.1 Å². The van der Waals surface area contributed by atoms with Gasteiger partial charge in [0.1, 0.15) is 23.8 Å². The van der Waals surface area contributed by atoms with Crippen LogP contribution in [-0.4, -0.2) is 75.0 Å². The first-order valence-corrected chi connectivity index (χ1v) is 12.2.